The van der Waals surface area contributed by atoms with Crippen molar-refractivity contribution in [3.8, 4) is 67.5 Å². The van der Waals surface area contributed by atoms with Crippen LogP contribution in [0.1, 0.15) is 54.7 Å². The summed E-state index contributed by atoms with van der Waals surface area (Å²) in [6.07, 6.45) is 11.6. The van der Waals surface area contributed by atoms with Crippen LogP contribution < -0.4 is 0 Å². The first-order chi connectivity index (χ1) is 29.7. The van der Waals surface area contributed by atoms with E-state index < -0.39 is 0 Å². The van der Waals surface area contributed by atoms with Gasteiger partial charge in [0.2, 0.25) is 0 Å². The number of fused-ring (bicyclic) bond motifs is 7. The van der Waals surface area contributed by atoms with Gasteiger partial charge in [-0.15, -0.1) is 11.8 Å². The minimum atomic E-state index is 0.447. The number of furan rings is 1. The topological polar surface area (TPSA) is 51.8 Å². The fourth-order valence-corrected chi connectivity index (χ4v) is 11.7. The molecular weight excluding hydrogens is 751 g/mol. The Morgan fingerprint density at radius 2 is 1.17 bits per heavy atom. The normalized spacial score (nSPS) is 16.8. The summed E-state index contributed by atoms with van der Waals surface area (Å²) in [5, 5.41) is 2.86. The molecule has 1 saturated carbocycles. The Labute approximate surface area is 354 Å². The Kier molecular flexibility index (Phi) is 8.62. The van der Waals surface area contributed by atoms with Crippen LogP contribution in [0.25, 0.3) is 95.6 Å². The summed E-state index contributed by atoms with van der Waals surface area (Å²) in [6, 6.07) is 54.3. The van der Waals surface area contributed by atoms with Crippen LogP contribution >= 0.6 is 11.8 Å². The summed E-state index contributed by atoms with van der Waals surface area (Å²) in [6.45, 7) is 0. The summed E-state index contributed by atoms with van der Waals surface area (Å²) in [4.78, 5) is 16.8. The van der Waals surface area contributed by atoms with Gasteiger partial charge in [0.1, 0.15) is 11.2 Å². The monoisotopic (exact) mass is 791 g/mol. The van der Waals surface area contributed by atoms with Crippen LogP contribution in [0.2, 0.25) is 0 Å². The first kappa shape index (κ1) is 35.4. The van der Waals surface area contributed by atoms with Crippen molar-refractivity contribution in [3.05, 3.63) is 174 Å². The van der Waals surface area contributed by atoms with E-state index in [0.717, 1.165) is 46.5 Å². The third kappa shape index (κ3) is 6.02. The zero-order valence-electron chi connectivity index (χ0n) is 33.1. The Bertz CT molecular complexity index is 3080. The van der Waals surface area contributed by atoms with Gasteiger partial charge in [-0.1, -0.05) is 146 Å². The van der Waals surface area contributed by atoms with E-state index in [-0.39, 0.29) is 0 Å². The number of benzene rings is 7. The second-order valence-electron chi connectivity index (χ2n) is 16.4. The summed E-state index contributed by atoms with van der Waals surface area (Å²) < 4.78 is 6.96. The highest BCUT2D eigenvalue weighted by Gasteiger charge is 2.39. The molecule has 12 rings (SSSR count). The van der Waals surface area contributed by atoms with Gasteiger partial charge in [0.15, 0.2) is 17.5 Å². The van der Waals surface area contributed by atoms with E-state index in [9.17, 15) is 0 Å². The van der Waals surface area contributed by atoms with Gasteiger partial charge in [-0.3, -0.25) is 0 Å². The summed E-state index contributed by atoms with van der Waals surface area (Å²) in [5.74, 6) is 2.54. The Morgan fingerprint density at radius 1 is 0.517 bits per heavy atom. The molecule has 3 heterocycles. The Morgan fingerprint density at radius 3 is 1.92 bits per heavy atom. The molecule has 3 aliphatic rings. The van der Waals surface area contributed by atoms with Crippen molar-refractivity contribution in [2.24, 2.45) is 0 Å². The van der Waals surface area contributed by atoms with Crippen molar-refractivity contribution in [1.82, 2.24) is 15.0 Å². The zero-order chi connectivity index (χ0) is 39.6. The van der Waals surface area contributed by atoms with Gasteiger partial charge < -0.3 is 4.42 Å². The molecule has 60 heavy (non-hydrogen) atoms. The minimum Gasteiger partial charge on any atom is -0.456 e. The van der Waals surface area contributed by atoms with E-state index >= 15 is 0 Å². The molecule has 0 spiro atoms. The van der Waals surface area contributed by atoms with E-state index in [1.54, 1.807) is 0 Å². The number of thioether (sulfide) groups is 1. The van der Waals surface area contributed by atoms with Crippen molar-refractivity contribution in [2.75, 3.05) is 0 Å². The van der Waals surface area contributed by atoms with Crippen molar-refractivity contribution < 1.29 is 4.42 Å². The standard InChI is InChI=1S/C55H41N3OS/c1-4-16-34(17-5-1)40-24-12-13-25-42(40)45-31-39(33-48-50(45)46-30-37-22-10-11-23-38(37)32-47(46)59-48)41-28-29-44(52-51(41)43-26-14-15-27-49(43)60-52)55-57-53(35-18-6-2-7-19-35)56-54(58-55)36-20-8-3-9-21-36/h1-10,12-13,16-22,24-25,28-33,43,49H,11,14-15,23,26-27H2. The van der Waals surface area contributed by atoms with Crippen LogP contribution in [0, 0.1) is 0 Å². The molecule has 5 heteroatoms. The van der Waals surface area contributed by atoms with Gasteiger partial charge >= 0.3 is 0 Å². The number of hydrogen-bond donors (Lipinski definition) is 0. The third-order valence-corrected chi connectivity index (χ3v) is 14.3. The van der Waals surface area contributed by atoms with Crippen LogP contribution in [-0.4, -0.2) is 20.2 Å². The highest BCUT2D eigenvalue weighted by Crippen LogP contribution is 2.58. The molecule has 0 radical (unpaired) electrons. The fraction of sp³-hybridized carbons (Fsp3) is 0.145. The number of nitrogens with zero attached hydrogens (tertiary/aromatic N) is 3. The predicted molar refractivity (Wildman–Crippen MR) is 248 cm³/mol. The highest BCUT2D eigenvalue weighted by atomic mass is 32.2. The molecule has 2 atom stereocenters. The molecule has 0 amide bonds. The number of aromatic nitrogens is 3. The molecule has 2 aromatic heterocycles. The Balaban J connectivity index is 1.10. The maximum absolute atomic E-state index is 6.96. The first-order valence-corrected chi connectivity index (χ1v) is 22.2. The molecule has 1 fully saturated rings. The van der Waals surface area contributed by atoms with E-state index in [2.05, 4.69) is 127 Å². The largest absolute Gasteiger partial charge is 0.456 e. The van der Waals surface area contributed by atoms with Crippen LogP contribution in [-0.2, 0) is 6.42 Å². The minimum absolute atomic E-state index is 0.447. The van der Waals surface area contributed by atoms with Gasteiger partial charge in [0.05, 0.1) is 0 Å². The van der Waals surface area contributed by atoms with Crippen LogP contribution in [0.4, 0.5) is 0 Å². The zero-order valence-corrected chi connectivity index (χ0v) is 34.0. The highest BCUT2D eigenvalue weighted by molar-refractivity contribution is 8.00. The Hall–Kier alpha value is -6.56. The second kappa shape index (κ2) is 14.6. The van der Waals surface area contributed by atoms with Gasteiger partial charge in [-0.25, -0.2) is 15.0 Å². The molecule has 0 bridgehead atoms. The number of hydrogen-bond acceptors (Lipinski definition) is 5. The summed E-state index contributed by atoms with van der Waals surface area (Å²) in [5.41, 5.74) is 16.3. The lowest BCUT2D eigenvalue weighted by molar-refractivity contribution is 0.462. The van der Waals surface area contributed by atoms with E-state index in [1.165, 1.54) is 91.4 Å². The van der Waals surface area contributed by atoms with Crippen molar-refractivity contribution in [1.29, 1.82) is 0 Å². The van der Waals surface area contributed by atoms with Crippen molar-refractivity contribution in [3.63, 3.8) is 0 Å². The average Bonchev–Trinajstić information content (AvgIpc) is 3.89. The summed E-state index contributed by atoms with van der Waals surface area (Å²) in [7, 11) is 0. The molecule has 288 valence electrons. The molecule has 2 aliphatic carbocycles. The third-order valence-electron chi connectivity index (χ3n) is 12.8. The SMILES string of the molecule is C1=Cc2cc3c(cc2CC1)oc1cc(-c2ccc(-c4nc(-c5ccccc5)nc(-c5ccccc5)n4)c4c2C2CCCCC2S4)cc(-c2ccccc2-c2ccccc2)c13. The van der Waals surface area contributed by atoms with Gasteiger partial charge in [-0.2, -0.15) is 0 Å². The fourth-order valence-electron chi connectivity index (χ4n) is 9.96. The van der Waals surface area contributed by atoms with Crippen LogP contribution in [0.3, 0.4) is 0 Å². The molecule has 2 unspecified atom stereocenters. The van der Waals surface area contributed by atoms with E-state index in [1.807, 2.05) is 48.2 Å². The van der Waals surface area contributed by atoms with E-state index in [0.29, 0.717) is 22.8 Å². The molecule has 9 aromatic rings. The quantitative estimate of drug-likeness (QED) is 0.168. The molecule has 1 aliphatic heterocycles. The second-order valence-corrected chi connectivity index (χ2v) is 17.6. The average molecular weight is 792 g/mol. The van der Waals surface area contributed by atoms with Crippen molar-refractivity contribution >= 4 is 39.8 Å². The van der Waals surface area contributed by atoms with Gasteiger partial charge in [0, 0.05) is 37.6 Å². The smallest absolute Gasteiger partial charge is 0.165 e. The van der Waals surface area contributed by atoms with E-state index in [4.69, 9.17) is 19.4 Å². The molecular formula is C55H41N3OS. The van der Waals surface area contributed by atoms with Crippen molar-refractivity contribution in [2.45, 2.75) is 54.6 Å². The number of allylic oxidation sites excluding steroid dienone is 1. The lowest BCUT2D eigenvalue weighted by atomic mass is 9.79. The maximum atomic E-state index is 6.96. The maximum Gasteiger partial charge on any atom is 0.165 e. The van der Waals surface area contributed by atoms with Gasteiger partial charge in [0.25, 0.3) is 0 Å². The lowest BCUT2D eigenvalue weighted by Crippen LogP contribution is -2.15. The lowest BCUT2D eigenvalue weighted by Gasteiger charge is -2.26. The van der Waals surface area contributed by atoms with Gasteiger partial charge in [-0.05, 0) is 112 Å². The number of rotatable bonds is 6. The van der Waals surface area contributed by atoms with Crippen LogP contribution in [0.15, 0.2) is 167 Å². The molecule has 4 nitrogen and oxygen atoms in total. The molecule has 7 aromatic carbocycles. The molecule has 0 saturated heterocycles. The number of aryl methyl sites for hydroxylation is 1. The van der Waals surface area contributed by atoms with Crippen LogP contribution in [0.5, 0.6) is 0 Å². The first-order valence-electron chi connectivity index (χ1n) is 21.3. The molecule has 0 N–H and O–H groups in total. The summed E-state index contributed by atoms with van der Waals surface area (Å²) >= 11 is 2.05. The predicted octanol–water partition coefficient (Wildman–Crippen LogP) is 14.9.